The Labute approximate surface area is 93.8 Å². The van der Waals surface area contributed by atoms with E-state index < -0.39 is 0 Å². The highest BCUT2D eigenvalue weighted by Gasteiger charge is 2.18. The normalized spacial score (nSPS) is 21.4. The largest absolute Gasteiger partial charge is 0.345 e. The Morgan fingerprint density at radius 1 is 1.56 bits per heavy atom. The lowest BCUT2D eigenvalue weighted by Crippen LogP contribution is -2.41. The Hall–Kier alpha value is -1.43. The van der Waals surface area contributed by atoms with Crippen molar-refractivity contribution in [3.63, 3.8) is 0 Å². The Balaban J connectivity index is 1.90. The Kier molecular flexibility index (Phi) is 3.51. The summed E-state index contributed by atoms with van der Waals surface area (Å²) in [6.45, 7) is 3.49. The van der Waals surface area contributed by atoms with Crippen molar-refractivity contribution in [2.24, 2.45) is 0 Å². The summed E-state index contributed by atoms with van der Waals surface area (Å²) < 4.78 is 4.76. The summed E-state index contributed by atoms with van der Waals surface area (Å²) in [6.07, 6.45) is 3.28. The van der Waals surface area contributed by atoms with Crippen molar-refractivity contribution in [2.45, 2.75) is 32.2 Å². The van der Waals surface area contributed by atoms with Gasteiger partial charge in [-0.3, -0.25) is 4.79 Å². The van der Waals surface area contributed by atoms with Crippen LogP contribution in [0.5, 0.6) is 0 Å². The molecule has 1 saturated heterocycles. The number of rotatable bonds is 2. The van der Waals surface area contributed by atoms with Gasteiger partial charge in [-0.15, -0.1) is 0 Å². The van der Waals surface area contributed by atoms with Crippen LogP contribution >= 0.6 is 0 Å². The summed E-state index contributed by atoms with van der Waals surface area (Å²) >= 11 is 0. The van der Waals surface area contributed by atoms with Gasteiger partial charge in [-0.05, 0) is 19.4 Å². The fraction of sp³-hybridized carbons (Fsp3) is 0.700. The van der Waals surface area contributed by atoms with Gasteiger partial charge in [0, 0.05) is 19.5 Å². The maximum atomic E-state index is 11.7. The van der Waals surface area contributed by atoms with Crippen LogP contribution in [0.4, 0.5) is 0 Å². The van der Waals surface area contributed by atoms with Crippen LogP contribution in [0, 0.1) is 6.92 Å². The van der Waals surface area contributed by atoms with Crippen LogP contribution in [0.2, 0.25) is 0 Å². The second-order valence-corrected chi connectivity index (χ2v) is 4.01. The van der Waals surface area contributed by atoms with Gasteiger partial charge in [-0.1, -0.05) is 11.6 Å². The van der Waals surface area contributed by atoms with E-state index in [1.54, 1.807) is 6.92 Å². The highest BCUT2D eigenvalue weighted by Crippen LogP contribution is 2.05. The molecule has 2 N–H and O–H groups in total. The fourth-order valence-electron chi connectivity index (χ4n) is 1.78. The third-order valence-corrected chi connectivity index (χ3v) is 2.61. The van der Waals surface area contributed by atoms with Gasteiger partial charge in [0.2, 0.25) is 5.89 Å². The molecule has 1 aromatic rings. The van der Waals surface area contributed by atoms with Crippen LogP contribution in [0.25, 0.3) is 0 Å². The zero-order valence-corrected chi connectivity index (χ0v) is 9.32. The quantitative estimate of drug-likeness (QED) is 0.752. The van der Waals surface area contributed by atoms with Crippen molar-refractivity contribution < 1.29 is 9.32 Å². The van der Waals surface area contributed by atoms with E-state index in [4.69, 9.17) is 4.52 Å². The van der Waals surface area contributed by atoms with Crippen molar-refractivity contribution >= 4 is 5.91 Å². The molecule has 6 nitrogen and oxygen atoms in total. The number of nitrogens with one attached hydrogen (secondary N) is 2. The molecule has 0 saturated carbocycles. The van der Waals surface area contributed by atoms with Crippen LogP contribution in [0.1, 0.15) is 35.8 Å². The number of nitrogens with zero attached hydrogens (tertiary/aromatic N) is 2. The monoisotopic (exact) mass is 224 g/mol. The SMILES string of the molecule is Cc1nc(C(=O)NC2CCCCNC2)no1. The highest BCUT2D eigenvalue weighted by atomic mass is 16.5. The molecule has 1 unspecified atom stereocenters. The maximum absolute atomic E-state index is 11.7. The molecule has 1 aliphatic rings. The smallest absolute Gasteiger partial charge is 0.292 e. The molecule has 1 amide bonds. The van der Waals surface area contributed by atoms with Gasteiger partial charge in [0.15, 0.2) is 0 Å². The molecule has 1 aromatic heterocycles. The summed E-state index contributed by atoms with van der Waals surface area (Å²) in [5.74, 6) is 0.261. The minimum atomic E-state index is -0.259. The molecular weight excluding hydrogens is 208 g/mol. The molecule has 2 rings (SSSR count). The number of carbonyl (C=O) groups is 1. The predicted octanol–water partition coefficient (Wildman–Crippen LogP) is 0.250. The zero-order valence-electron chi connectivity index (χ0n) is 9.32. The summed E-state index contributed by atoms with van der Waals surface area (Å²) in [5.41, 5.74) is 0. The summed E-state index contributed by atoms with van der Waals surface area (Å²) in [7, 11) is 0. The van der Waals surface area contributed by atoms with Crippen molar-refractivity contribution in [3.05, 3.63) is 11.7 Å². The van der Waals surface area contributed by atoms with Crippen LogP contribution < -0.4 is 10.6 Å². The molecule has 1 atom stereocenters. The van der Waals surface area contributed by atoms with Gasteiger partial charge >= 0.3 is 0 Å². The molecule has 1 fully saturated rings. The van der Waals surface area contributed by atoms with Crippen molar-refractivity contribution in [3.8, 4) is 0 Å². The maximum Gasteiger partial charge on any atom is 0.292 e. The second-order valence-electron chi connectivity index (χ2n) is 4.01. The van der Waals surface area contributed by atoms with Crippen molar-refractivity contribution in [1.29, 1.82) is 0 Å². The summed E-state index contributed by atoms with van der Waals surface area (Å²) in [5, 5.41) is 9.77. The van der Waals surface area contributed by atoms with Gasteiger partial charge in [0.1, 0.15) is 0 Å². The number of carbonyl (C=O) groups excluding carboxylic acids is 1. The number of hydrogen-bond donors (Lipinski definition) is 2. The zero-order chi connectivity index (χ0) is 11.4. The van der Waals surface area contributed by atoms with Crippen LogP contribution in [-0.4, -0.2) is 35.2 Å². The molecule has 16 heavy (non-hydrogen) atoms. The van der Waals surface area contributed by atoms with E-state index in [0.717, 1.165) is 32.4 Å². The molecule has 0 spiro atoms. The number of hydrogen-bond acceptors (Lipinski definition) is 5. The topological polar surface area (TPSA) is 80.0 Å². The first kappa shape index (κ1) is 11.1. The molecule has 1 aliphatic heterocycles. The third kappa shape index (κ3) is 2.79. The van der Waals surface area contributed by atoms with Gasteiger partial charge in [-0.2, -0.15) is 4.98 Å². The first-order chi connectivity index (χ1) is 7.75. The molecular formula is C10H16N4O2. The molecule has 0 radical (unpaired) electrons. The fourth-order valence-corrected chi connectivity index (χ4v) is 1.78. The number of aryl methyl sites for hydroxylation is 1. The lowest BCUT2D eigenvalue weighted by Gasteiger charge is -2.14. The van der Waals surface area contributed by atoms with E-state index in [0.29, 0.717) is 5.89 Å². The molecule has 2 heterocycles. The van der Waals surface area contributed by atoms with E-state index in [9.17, 15) is 4.79 Å². The highest BCUT2D eigenvalue weighted by molar-refractivity contribution is 5.90. The van der Waals surface area contributed by atoms with Gasteiger partial charge in [0.25, 0.3) is 11.7 Å². The molecule has 0 aliphatic carbocycles. The number of aromatic nitrogens is 2. The van der Waals surface area contributed by atoms with Crippen LogP contribution in [0.15, 0.2) is 4.52 Å². The summed E-state index contributed by atoms with van der Waals surface area (Å²) in [6, 6.07) is 0.161. The lowest BCUT2D eigenvalue weighted by atomic mass is 10.1. The minimum absolute atomic E-state index is 0.113. The second kappa shape index (κ2) is 5.07. The predicted molar refractivity (Wildman–Crippen MR) is 57.0 cm³/mol. The van der Waals surface area contributed by atoms with E-state index >= 15 is 0 Å². The Morgan fingerprint density at radius 3 is 3.19 bits per heavy atom. The first-order valence-corrected chi connectivity index (χ1v) is 5.57. The standard InChI is InChI=1S/C10H16N4O2/c1-7-12-9(14-16-7)10(15)13-8-4-2-3-5-11-6-8/h8,11H,2-6H2,1H3,(H,13,15). The van der Waals surface area contributed by atoms with Gasteiger partial charge in [0.05, 0.1) is 0 Å². The van der Waals surface area contributed by atoms with E-state index in [1.165, 1.54) is 0 Å². The third-order valence-electron chi connectivity index (χ3n) is 2.61. The van der Waals surface area contributed by atoms with Crippen molar-refractivity contribution in [1.82, 2.24) is 20.8 Å². The van der Waals surface area contributed by atoms with E-state index in [-0.39, 0.29) is 17.8 Å². The van der Waals surface area contributed by atoms with Gasteiger partial charge in [-0.25, -0.2) is 0 Å². The lowest BCUT2D eigenvalue weighted by molar-refractivity contribution is 0.0922. The molecule has 0 bridgehead atoms. The van der Waals surface area contributed by atoms with Gasteiger partial charge < -0.3 is 15.2 Å². The first-order valence-electron chi connectivity index (χ1n) is 5.57. The molecule has 6 heteroatoms. The number of amides is 1. The minimum Gasteiger partial charge on any atom is -0.345 e. The summed E-state index contributed by atoms with van der Waals surface area (Å²) in [4.78, 5) is 15.6. The molecule has 0 aromatic carbocycles. The van der Waals surface area contributed by atoms with Crippen LogP contribution in [-0.2, 0) is 0 Å². The average molecular weight is 224 g/mol. The average Bonchev–Trinajstić information content (AvgIpc) is 2.54. The Bertz CT molecular complexity index is 355. The Morgan fingerprint density at radius 2 is 2.44 bits per heavy atom. The van der Waals surface area contributed by atoms with Crippen molar-refractivity contribution in [2.75, 3.05) is 13.1 Å². The van der Waals surface area contributed by atoms with Crippen LogP contribution in [0.3, 0.4) is 0 Å². The molecule has 88 valence electrons. The van der Waals surface area contributed by atoms with E-state index in [1.807, 2.05) is 0 Å². The van der Waals surface area contributed by atoms with E-state index in [2.05, 4.69) is 20.8 Å².